The number of ether oxygens (including phenoxy) is 2. The fourth-order valence-electron chi connectivity index (χ4n) is 5.82. The molecule has 0 aromatic heterocycles. The highest BCUT2D eigenvalue weighted by molar-refractivity contribution is 5.94. The first-order chi connectivity index (χ1) is 17.9. The van der Waals surface area contributed by atoms with Crippen molar-refractivity contribution in [2.75, 3.05) is 48.1 Å². The van der Waals surface area contributed by atoms with Crippen LogP contribution in [0.15, 0.2) is 11.6 Å². The number of likely N-dealkylation sites (N-methyl/N-ethyl adjacent to an activating group) is 2. The number of carbonyl (C=O) groups is 3. The van der Waals surface area contributed by atoms with Gasteiger partial charge in [0.2, 0.25) is 17.7 Å². The average Bonchev–Trinajstić information content (AvgIpc) is 3.26. The Balaban J connectivity index is 2.23. The SMILES string of the molecule is COCC1CC[C@@H](COC)N1C(=O)/C(C)=C/C(C(C)C)N(C)C(=O)C(NC(=O)[C@H]1CCCCN1C)C(C)C. The van der Waals surface area contributed by atoms with Gasteiger partial charge < -0.3 is 24.6 Å². The molecule has 3 unspecified atom stereocenters. The zero-order valence-electron chi connectivity index (χ0n) is 25.2. The Morgan fingerprint density at radius 1 is 0.974 bits per heavy atom. The molecule has 2 heterocycles. The minimum atomic E-state index is -0.635. The van der Waals surface area contributed by atoms with Gasteiger partial charge in [-0.2, -0.15) is 0 Å². The van der Waals surface area contributed by atoms with Crippen LogP contribution in [0.4, 0.5) is 0 Å². The van der Waals surface area contributed by atoms with Gasteiger partial charge in [0.15, 0.2) is 0 Å². The highest BCUT2D eigenvalue weighted by Crippen LogP contribution is 2.27. The second-order valence-corrected chi connectivity index (χ2v) is 11.8. The zero-order valence-corrected chi connectivity index (χ0v) is 25.2. The van der Waals surface area contributed by atoms with E-state index < -0.39 is 6.04 Å². The van der Waals surface area contributed by atoms with Gasteiger partial charge in [0, 0.05) is 26.8 Å². The van der Waals surface area contributed by atoms with E-state index in [1.54, 1.807) is 26.2 Å². The summed E-state index contributed by atoms with van der Waals surface area (Å²) in [6.07, 6.45) is 6.57. The number of likely N-dealkylation sites (tertiary alicyclic amines) is 2. The monoisotopic (exact) mass is 536 g/mol. The van der Waals surface area contributed by atoms with Gasteiger partial charge in [-0.1, -0.05) is 40.2 Å². The first kappa shape index (κ1) is 32.2. The van der Waals surface area contributed by atoms with Crippen molar-refractivity contribution in [3.63, 3.8) is 0 Å². The number of nitrogens with zero attached hydrogens (tertiary/aromatic N) is 3. The van der Waals surface area contributed by atoms with Crippen molar-refractivity contribution in [1.82, 2.24) is 20.0 Å². The van der Waals surface area contributed by atoms with Crippen LogP contribution in [0.2, 0.25) is 0 Å². The van der Waals surface area contributed by atoms with Crippen molar-refractivity contribution >= 4 is 17.7 Å². The normalized spacial score (nSPS) is 24.6. The quantitative estimate of drug-likeness (QED) is 0.386. The van der Waals surface area contributed by atoms with E-state index >= 15 is 0 Å². The molecule has 2 saturated heterocycles. The van der Waals surface area contributed by atoms with Crippen LogP contribution in [0.5, 0.6) is 0 Å². The molecule has 9 heteroatoms. The summed E-state index contributed by atoms with van der Waals surface area (Å²) in [5, 5.41) is 3.06. The number of rotatable bonds is 12. The maximum absolute atomic E-state index is 13.8. The van der Waals surface area contributed by atoms with Gasteiger partial charge >= 0.3 is 0 Å². The Hall–Kier alpha value is -1.97. The Kier molecular flexibility index (Phi) is 12.7. The summed E-state index contributed by atoms with van der Waals surface area (Å²) in [4.78, 5) is 46.2. The molecule has 0 aromatic rings. The molecule has 2 aliphatic heterocycles. The molecule has 5 atom stereocenters. The minimum absolute atomic E-state index is 0.00585. The van der Waals surface area contributed by atoms with Gasteiger partial charge in [0.05, 0.1) is 37.4 Å². The highest BCUT2D eigenvalue weighted by atomic mass is 16.5. The molecule has 9 nitrogen and oxygen atoms in total. The molecule has 0 aromatic carbocycles. The summed E-state index contributed by atoms with van der Waals surface area (Å²) in [5.74, 6) is -0.276. The summed E-state index contributed by atoms with van der Waals surface area (Å²) in [7, 11) is 7.05. The molecule has 2 aliphatic rings. The van der Waals surface area contributed by atoms with E-state index in [0.717, 1.165) is 38.6 Å². The van der Waals surface area contributed by atoms with Gasteiger partial charge in [0.25, 0.3) is 0 Å². The molecule has 2 rings (SSSR count). The van der Waals surface area contributed by atoms with Crippen LogP contribution in [0, 0.1) is 11.8 Å². The molecule has 0 radical (unpaired) electrons. The van der Waals surface area contributed by atoms with Crippen LogP contribution in [-0.4, -0.2) is 111 Å². The maximum Gasteiger partial charge on any atom is 0.249 e. The van der Waals surface area contributed by atoms with E-state index in [9.17, 15) is 14.4 Å². The Bertz CT molecular complexity index is 816. The third kappa shape index (κ3) is 8.02. The predicted molar refractivity (Wildman–Crippen MR) is 150 cm³/mol. The zero-order chi connectivity index (χ0) is 28.6. The Morgan fingerprint density at radius 2 is 1.55 bits per heavy atom. The number of nitrogens with one attached hydrogen (secondary N) is 1. The molecule has 0 spiro atoms. The maximum atomic E-state index is 13.8. The van der Waals surface area contributed by atoms with Crippen LogP contribution in [0.25, 0.3) is 0 Å². The van der Waals surface area contributed by atoms with E-state index in [0.29, 0.717) is 18.8 Å². The number of hydrogen-bond acceptors (Lipinski definition) is 6. The number of amides is 3. The highest BCUT2D eigenvalue weighted by Gasteiger charge is 2.38. The van der Waals surface area contributed by atoms with Crippen LogP contribution >= 0.6 is 0 Å². The fraction of sp³-hybridized carbons (Fsp3) is 0.828. The van der Waals surface area contributed by atoms with Crippen molar-refractivity contribution in [2.24, 2.45) is 11.8 Å². The summed E-state index contributed by atoms with van der Waals surface area (Å²) < 4.78 is 10.8. The second-order valence-electron chi connectivity index (χ2n) is 11.8. The fourth-order valence-corrected chi connectivity index (χ4v) is 5.82. The molecule has 38 heavy (non-hydrogen) atoms. The molecule has 1 N–H and O–H groups in total. The van der Waals surface area contributed by atoms with E-state index in [2.05, 4.69) is 10.2 Å². The standard InChI is InChI=1S/C29H52N4O5/c1-19(2)25(16-21(5)28(35)33-22(17-37-8)13-14-23(33)18-38-9)32(7)29(36)26(20(3)4)30-27(34)24-12-10-11-15-31(24)6/h16,19-20,22-26H,10-15,17-18H2,1-9H3,(H,30,34)/b21-16+/t22-,23?,24+,25?,26?/m0/s1. The van der Waals surface area contributed by atoms with Crippen LogP contribution in [0.1, 0.15) is 66.7 Å². The third-order valence-electron chi connectivity index (χ3n) is 8.11. The first-order valence-corrected chi connectivity index (χ1v) is 14.2. The summed E-state index contributed by atoms with van der Waals surface area (Å²) in [6.45, 7) is 11.7. The Labute approximate surface area is 230 Å². The van der Waals surface area contributed by atoms with Gasteiger partial charge in [0.1, 0.15) is 6.04 Å². The molecular weight excluding hydrogens is 484 g/mol. The molecule has 2 fully saturated rings. The summed E-state index contributed by atoms with van der Waals surface area (Å²) in [6, 6.07) is -1.13. The third-order valence-corrected chi connectivity index (χ3v) is 8.11. The van der Waals surface area contributed by atoms with Gasteiger partial charge in [-0.25, -0.2) is 0 Å². The topological polar surface area (TPSA) is 91.4 Å². The largest absolute Gasteiger partial charge is 0.383 e. The summed E-state index contributed by atoms with van der Waals surface area (Å²) in [5.41, 5.74) is 0.599. The number of piperidine rings is 1. The van der Waals surface area contributed by atoms with Crippen molar-refractivity contribution in [1.29, 1.82) is 0 Å². The van der Waals surface area contributed by atoms with Crippen LogP contribution in [-0.2, 0) is 23.9 Å². The van der Waals surface area contributed by atoms with Gasteiger partial charge in [-0.3, -0.25) is 19.3 Å². The predicted octanol–water partition coefficient (Wildman–Crippen LogP) is 2.69. The second kappa shape index (κ2) is 15.0. The van der Waals surface area contributed by atoms with Gasteiger partial charge in [-0.05, 0) is 58.0 Å². The molecular formula is C29H52N4O5. The number of methoxy groups -OCH3 is 2. The van der Waals surface area contributed by atoms with Crippen molar-refractivity contribution in [2.45, 2.75) is 96.9 Å². The number of hydrogen-bond donors (Lipinski definition) is 1. The van der Waals surface area contributed by atoms with Gasteiger partial charge in [-0.15, -0.1) is 0 Å². The smallest absolute Gasteiger partial charge is 0.249 e. The first-order valence-electron chi connectivity index (χ1n) is 14.2. The Morgan fingerprint density at radius 3 is 2.03 bits per heavy atom. The molecule has 218 valence electrons. The van der Waals surface area contributed by atoms with E-state index in [1.165, 1.54) is 0 Å². The number of carbonyl (C=O) groups excluding carboxylic acids is 3. The summed E-state index contributed by atoms with van der Waals surface area (Å²) >= 11 is 0. The van der Waals surface area contributed by atoms with E-state index in [4.69, 9.17) is 9.47 Å². The van der Waals surface area contributed by atoms with Crippen molar-refractivity contribution in [3.05, 3.63) is 11.6 Å². The van der Waals surface area contributed by atoms with E-state index in [-0.39, 0.29) is 53.7 Å². The lowest BCUT2D eigenvalue weighted by molar-refractivity contribution is -0.140. The van der Waals surface area contributed by atoms with Crippen LogP contribution in [0.3, 0.4) is 0 Å². The molecule has 3 amide bonds. The lowest BCUT2D eigenvalue weighted by Crippen LogP contribution is -2.57. The lowest BCUT2D eigenvalue weighted by Gasteiger charge is -2.36. The molecule has 0 aliphatic carbocycles. The van der Waals surface area contributed by atoms with Crippen molar-refractivity contribution < 1.29 is 23.9 Å². The minimum Gasteiger partial charge on any atom is -0.383 e. The average molecular weight is 537 g/mol. The van der Waals surface area contributed by atoms with Crippen LogP contribution < -0.4 is 5.32 Å². The molecule has 0 saturated carbocycles. The van der Waals surface area contributed by atoms with E-state index in [1.807, 2.05) is 52.6 Å². The lowest BCUT2D eigenvalue weighted by atomic mass is 9.96. The van der Waals surface area contributed by atoms with Crippen molar-refractivity contribution in [3.8, 4) is 0 Å². The molecule has 0 bridgehead atoms.